The van der Waals surface area contributed by atoms with E-state index in [2.05, 4.69) is 67.8 Å². The van der Waals surface area contributed by atoms with Crippen LogP contribution < -0.4 is 10.2 Å². The number of phosphoric ester groups is 1. The number of unbranched alkanes of at least 4 members (excludes halogenated alkanes) is 36. The van der Waals surface area contributed by atoms with Crippen LogP contribution in [-0.4, -0.2) is 68.5 Å². The van der Waals surface area contributed by atoms with Crippen molar-refractivity contribution in [1.29, 1.82) is 0 Å². The van der Waals surface area contributed by atoms with Gasteiger partial charge in [0.25, 0.3) is 7.82 Å². The Morgan fingerprint density at radius 1 is 0.479 bits per heavy atom. The van der Waals surface area contributed by atoms with Crippen molar-refractivity contribution < 1.29 is 32.9 Å². The van der Waals surface area contributed by atoms with Crippen LogP contribution >= 0.6 is 7.82 Å². The maximum atomic E-state index is 13.0. The molecule has 428 valence electrons. The van der Waals surface area contributed by atoms with E-state index in [9.17, 15) is 19.4 Å². The van der Waals surface area contributed by atoms with E-state index in [1.807, 2.05) is 27.2 Å². The number of nitrogens with one attached hydrogen (secondary N) is 1. The number of phosphoric acid groups is 1. The second-order valence-corrected chi connectivity index (χ2v) is 23.8. The molecule has 0 heterocycles. The van der Waals surface area contributed by atoms with Gasteiger partial charge in [-0.25, -0.2) is 0 Å². The molecule has 0 fully saturated rings. The van der Waals surface area contributed by atoms with Gasteiger partial charge in [-0.3, -0.25) is 9.36 Å². The molecular formula is C64H121N2O6P. The summed E-state index contributed by atoms with van der Waals surface area (Å²) in [7, 11) is 1.24. The van der Waals surface area contributed by atoms with Gasteiger partial charge in [0.15, 0.2) is 0 Å². The minimum absolute atomic E-state index is 0.00868. The molecule has 0 saturated carbocycles. The molecule has 1 amide bonds. The summed E-state index contributed by atoms with van der Waals surface area (Å²) < 4.78 is 23.4. The zero-order valence-electron chi connectivity index (χ0n) is 48.8. The summed E-state index contributed by atoms with van der Waals surface area (Å²) in [5.74, 6) is -0.210. The maximum Gasteiger partial charge on any atom is 0.268 e. The van der Waals surface area contributed by atoms with Gasteiger partial charge >= 0.3 is 0 Å². The number of allylic oxidation sites excluding steroid dienone is 9. The Bertz CT molecular complexity index is 1370. The van der Waals surface area contributed by atoms with E-state index in [4.69, 9.17) is 9.05 Å². The first kappa shape index (κ1) is 71.2. The van der Waals surface area contributed by atoms with E-state index in [-0.39, 0.29) is 12.5 Å². The highest BCUT2D eigenvalue weighted by molar-refractivity contribution is 7.45. The Morgan fingerprint density at radius 2 is 0.808 bits per heavy atom. The molecule has 0 rings (SSSR count). The van der Waals surface area contributed by atoms with E-state index in [1.54, 1.807) is 6.08 Å². The van der Waals surface area contributed by atoms with E-state index >= 15 is 0 Å². The quantitative estimate of drug-likeness (QED) is 0.0272. The first-order valence-electron chi connectivity index (χ1n) is 31.2. The van der Waals surface area contributed by atoms with Crippen molar-refractivity contribution in [2.45, 2.75) is 302 Å². The molecule has 0 aliphatic carbocycles. The third-order valence-electron chi connectivity index (χ3n) is 13.9. The number of hydrogen-bond acceptors (Lipinski definition) is 6. The average Bonchev–Trinajstić information content (AvgIpc) is 3.35. The van der Waals surface area contributed by atoms with E-state index in [0.717, 1.165) is 51.4 Å². The normalized spacial score (nSPS) is 14.2. The van der Waals surface area contributed by atoms with Crippen LogP contribution in [0.15, 0.2) is 60.8 Å². The van der Waals surface area contributed by atoms with Crippen molar-refractivity contribution in [2.75, 3.05) is 40.9 Å². The van der Waals surface area contributed by atoms with Gasteiger partial charge in [0, 0.05) is 6.42 Å². The summed E-state index contributed by atoms with van der Waals surface area (Å²) in [5.41, 5.74) is 0. The minimum Gasteiger partial charge on any atom is -0.756 e. The monoisotopic (exact) mass is 1040 g/mol. The fourth-order valence-electron chi connectivity index (χ4n) is 9.06. The fourth-order valence-corrected chi connectivity index (χ4v) is 9.78. The molecule has 9 heteroatoms. The number of likely N-dealkylation sites (N-methyl/N-ethyl adjacent to an activating group) is 1. The van der Waals surface area contributed by atoms with Gasteiger partial charge in [0.1, 0.15) is 13.2 Å². The van der Waals surface area contributed by atoms with Gasteiger partial charge < -0.3 is 28.8 Å². The molecule has 3 unspecified atom stereocenters. The largest absolute Gasteiger partial charge is 0.756 e. The summed E-state index contributed by atoms with van der Waals surface area (Å²) in [4.78, 5) is 25.5. The molecule has 3 atom stereocenters. The molecule has 0 spiro atoms. The first-order valence-corrected chi connectivity index (χ1v) is 32.6. The molecule has 0 aliphatic heterocycles. The molecule has 0 radical (unpaired) electrons. The van der Waals surface area contributed by atoms with Crippen LogP contribution in [0.1, 0.15) is 290 Å². The van der Waals surface area contributed by atoms with Crippen molar-refractivity contribution in [2.24, 2.45) is 0 Å². The van der Waals surface area contributed by atoms with Crippen LogP contribution in [0.2, 0.25) is 0 Å². The maximum absolute atomic E-state index is 13.0. The second kappa shape index (κ2) is 55.0. The number of carbonyl (C=O) groups excluding carboxylic acids is 1. The molecule has 0 saturated heterocycles. The first-order chi connectivity index (χ1) is 35.5. The van der Waals surface area contributed by atoms with Gasteiger partial charge in [0.05, 0.1) is 39.9 Å². The van der Waals surface area contributed by atoms with Crippen molar-refractivity contribution in [3.05, 3.63) is 60.8 Å². The van der Waals surface area contributed by atoms with E-state index in [1.165, 1.54) is 218 Å². The fraction of sp³-hybridized carbons (Fsp3) is 0.828. The molecule has 73 heavy (non-hydrogen) atoms. The topological polar surface area (TPSA) is 108 Å². The van der Waals surface area contributed by atoms with Crippen LogP contribution in [0.25, 0.3) is 0 Å². The zero-order chi connectivity index (χ0) is 53.5. The number of aliphatic hydroxyl groups excluding tert-OH is 1. The van der Waals surface area contributed by atoms with Gasteiger partial charge in [-0.05, 0) is 70.6 Å². The predicted molar refractivity (Wildman–Crippen MR) is 316 cm³/mol. The number of aliphatic hydroxyl groups is 1. The molecule has 0 bridgehead atoms. The lowest BCUT2D eigenvalue weighted by Crippen LogP contribution is -2.45. The second-order valence-electron chi connectivity index (χ2n) is 22.4. The van der Waals surface area contributed by atoms with Crippen molar-refractivity contribution >= 4 is 13.7 Å². The smallest absolute Gasteiger partial charge is 0.268 e. The summed E-state index contributed by atoms with van der Waals surface area (Å²) in [6, 6.07) is -0.909. The molecule has 8 nitrogen and oxygen atoms in total. The highest BCUT2D eigenvalue weighted by atomic mass is 31.2. The molecule has 0 aromatic carbocycles. The van der Waals surface area contributed by atoms with Crippen LogP contribution in [0.5, 0.6) is 0 Å². The molecule has 0 aliphatic rings. The van der Waals surface area contributed by atoms with Crippen LogP contribution in [-0.2, 0) is 18.4 Å². The highest BCUT2D eigenvalue weighted by Gasteiger charge is 2.23. The Hall–Kier alpha value is -1.80. The van der Waals surface area contributed by atoms with Crippen molar-refractivity contribution in [3.8, 4) is 0 Å². The van der Waals surface area contributed by atoms with Crippen LogP contribution in [0.3, 0.4) is 0 Å². The zero-order valence-corrected chi connectivity index (χ0v) is 49.7. The van der Waals surface area contributed by atoms with E-state index < -0.39 is 26.6 Å². The van der Waals surface area contributed by atoms with Crippen LogP contribution in [0.4, 0.5) is 0 Å². The molecule has 2 N–H and O–H groups in total. The standard InChI is InChI=1S/C64H121N2O6P/c1-6-8-10-12-14-16-18-20-22-24-26-28-30-32-34-35-37-39-41-43-45-47-49-51-53-55-57-63(67)62(61-72-73(69,70)71-60-59-66(3,4)5)65-64(68)58-56-54-52-50-48-46-44-42-40-38-36-33-31-29-27-25-23-21-19-17-15-13-11-9-7-2/h19,21,25,27,31,33,47,49,55,57,62-63,67H,6-18,20,22-24,26,28-30,32,34-46,48,50-54,56,58-61H2,1-5H3,(H-,65,68,69,70)/b21-19-,27-25-,33-31-,49-47+,57-55+. The lowest BCUT2D eigenvalue weighted by atomic mass is 10.0. The third kappa shape index (κ3) is 57.7. The summed E-state index contributed by atoms with van der Waals surface area (Å²) >= 11 is 0. The number of carbonyl (C=O) groups is 1. The highest BCUT2D eigenvalue weighted by Crippen LogP contribution is 2.38. The summed E-state index contributed by atoms with van der Waals surface area (Å²) in [6.07, 6.45) is 74.5. The lowest BCUT2D eigenvalue weighted by molar-refractivity contribution is -0.870. The number of nitrogens with zero attached hydrogens (tertiary/aromatic N) is 1. The van der Waals surface area contributed by atoms with E-state index in [0.29, 0.717) is 17.4 Å². The number of quaternary nitrogens is 1. The Balaban J connectivity index is 4.22. The third-order valence-corrected chi connectivity index (χ3v) is 14.9. The minimum atomic E-state index is -4.61. The van der Waals surface area contributed by atoms with Crippen molar-refractivity contribution in [1.82, 2.24) is 5.32 Å². The number of rotatable bonds is 57. The molecular weight excluding hydrogens is 924 g/mol. The van der Waals surface area contributed by atoms with Gasteiger partial charge in [-0.2, -0.15) is 0 Å². The number of amides is 1. The summed E-state index contributed by atoms with van der Waals surface area (Å²) in [5, 5.41) is 13.9. The van der Waals surface area contributed by atoms with Crippen molar-refractivity contribution in [3.63, 3.8) is 0 Å². The number of hydrogen-bond donors (Lipinski definition) is 2. The van der Waals surface area contributed by atoms with Gasteiger partial charge in [-0.1, -0.05) is 274 Å². The van der Waals surface area contributed by atoms with Gasteiger partial charge in [0.2, 0.25) is 5.91 Å². The molecule has 0 aromatic heterocycles. The Labute approximate surface area is 453 Å². The SMILES string of the molecule is CCCCCCC/C=C\C/C=C\C/C=C\CCCCCCCCCCCCC(=O)NC(COP(=O)([O-])OCC[N+](C)(C)C)C(O)/C=C/CC/C=C/CCCCCCCCCCCCCCCCCCCCCC. The Kier molecular flexibility index (Phi) is 53.6. The predicted octanol–water partition coefficient (Wildman–Crippen LogP) is 18.6. The average molecular weight is 1050 g/mol. The van der Waals surface area contributed by atoms with Gasteiger partial charge in [-0.15, -0.1) is 0 Å². The molecule has 0 aromatic rings. The van der Waals surface area contributed by atoms with Crippen LogP contribution in [0, 0.1) is 0 Å². The Morgan fingerprint density at radius 3 is 1.21 bits per heavy atom. The summed E-state index contributed by atoms with van der Waals surface area (Å²) in [6.45, 7) is 4.64. The lowest BCUT2D eigenvalue weighted by Gasteiger charge is -2.29.